The van der Waals surface area contributed by atoms with Crippen LogP contribution in [0.1, 0.15) is 31.4 Å². The van der Waals surface area contributed by atoms with Crippen LogP contribution in [-0.2, 0) is 4.74 Å². The number of anilines is 1. The number of aliphatic hydroxyl groups is 1. The van der Waals surface area contributed by atoms with Gasteiger partial charge in [0.2, 0.25) is 0 Å². The lowest BCUT2D eigenvalue weighted by molar-refractivity contribution is 0.0852. The molecule has 1 fully saturated rings. The van der Waals surface area contributed by atoms with Gasteiger partial charge in [0, 0.05) is 38.1 Å². The fourth-order valence-corrected chi connectivity index (χ4v) is 2.28. The van der Waals surface area contributed by atoms with E-state index < -0.39 is 6.10 Å². The summed E-state index contributed by atoms with van der Waals surface area (Å²) < 4.78 is 5.37. The molecule has 0 aromatic carbocycles. The quantitative estimate of drug-likeness (QED) is 0.868. The van der Waals surface area contributed by atoms with Crippen molar-refractivity contribution in [2.24, 2.45) is 0 Å². The molecule has 1 aliphatic heterocycles. The summed E-state index contributed by atoms with van der Waals surface area (Å²) in [6.45, 7) is 3.40. The van der Waals surface area contributed by atoms with Gasteiger partial charge in [-0.05, 0) is 25.8 Å². The van der Waals surface area contributed by atoms with E-state index >= 15 is 0 Å². The maximum absolute atomic E-state index is 9.76. The monoisotopic (exact) mass is 236 g/mol. The third-order valence-electron chi connectivity index (χ3n) is 3.34. The van der Waals surface area contributed by atoms with Gasteiger partial charge in [-0.25, -0.2) is 4.98 Å². The molecule has 2 heterocycles. The minimum Gasteiger partial charge on any atom is -0.389 e. The van der Waals surface area contributed by atoms with E-state index in [0.717, 1.165) is 37.4 Å². The number of hydrogen-bond donors (Lipinski definition) is 1. The summed E-state index contributed by atoms with van der Waals surface area (Å²) in [7, 11) is 2.05. The molecule has 1 N–H and O–H groups in total. The lowest BCUT2D eigenvalue weighted by atomic mass is 10.1. The fraction of sp³-hybridized carbons (Fsp3) is 0.615. The molecule has 0 spiro atoms. The van der Waals surface area contributed by atoms with E-state index in [1.807, 2.05) is 19.2 Å². The molecule has 0 radical (unpaired) electrons. The van der Waals surface area contributed by atoms with Gasteiger partial charge < -0.3 is 14.7 Å². The molecule has 0 saturated carbocycles. The Labute approximate surface area is 102 Å². The van der Waals surface area contributed by atoms with Gasteiger partial charge in [0.05, 0.1) is 6.10 Å². The molecule has 1 saturated heterocycles. The molecular formula is C13H20N2O2. The molecule has 1 atom stereocenters. The Balaban J connectivity index is 2.20. The lowest BCUT2D eigenvalue weighted by Gasteiger charge is -2.33. The van der Waals surface area contributed by atoms with E-state index in [2.05, 4.69) is 9.88 Å². The first-order valence-electron chi connectivity index (χ1n) is 6.13. The second kappa shape index (κ2) is 5.47. The third kappa shape index (κ3) is 2.76. The normalized spacial score (nSPS) is 19.0. The van der Waals surface area contributed by atoms with Gasteiger partial charge in [0.15, 0.2) is 0 Å². The minimum absolute atomic E-state index is 0.455. The van der Waals surface area contributed by atoms with Gasteiger partial charge in [-0.1, -0.05) is 6.07 Å². The Morgan fingerprint density at radius 1 is 1.47 bits per heavy atom. The molecule has 4 heteroatoms. The highest BCUT2D eigenvalue weighted by atomic mass is 16.5. The highest BCUT2D eigenvalue weighted by molar-refractivity contribution is 5.48. The molecule has 1 aromatic heterocycles. The average molecular weight is 236 g/mol. The van der Waals surface area contributed by atoms with Crippen LogP contribution < -0.4 is 4.90 Å². The largest absolute Gasteiger partial charge is 0.389 e. The van der Waals surface area contributed by atoms with Gasteiger partial charge in [-0.2, -0.15) is 0 Å². The third-order valence-corrected chi connectivity index (χ3v) is 3.34. The van der Waals surface area contributed by atoms with E-state index in [1.54, 1.807) is 13.1 Å². The molecule has 0 unspecified atom stereocenters. The molecule has 0 aliphatic carbocycles. The number of pyridine rings is 1. The molecule has 0 amide bonds. The first-order chi connectivity index (χ1) is 8.20. The van der Waals surface area contributed by atoms with E-state index in [9.17, 15) is 5.11 Å². The van der Waals surface area contributed by atoms with Crippen LogP contribution in [0.3, 0.4) is 0 Å². The summed E-state index contributed by atoms with van der Waals surface area (Å²) in [5.41, 5.74) is 0.890. The smallest absolute Gasteiger partial charge is 0.134 e. The van der Waals surface area contributed by atoms with Crippen molar-refractivity contribution in [1.82, 2.24) is 4.98 Å². The Bertz CT molecular complexity index is 362. The van der Waals surface area contributed by atoms with E-state index in [1.165, 1.54) is 0 Å². The molecule has 1 aromatic rings. The Morgan fingerprint density at radius 3 is 2.82 bits per heavy atom. The SMILES string of the molecule is C[C@H](O)c1cccnc1N(C)C1CCOCC1. The fourth-order valence-electron chi connectivity index (χ4n) is 2.28. The predicted molar refractivity (Wildman–Crippen MR) is 67.1 cm³/mol. The number of aliphatic hydroxyl groups excluding tert-OH is 1. The van der Waals surface area contributed by atoms with Crippen LogP contribution in [-0.4, -0.2) is 36.4 Å². The highest BCUT2D eigenvalue weighted by Gasteiger charge is 2.22. The zero-order valence-corrected chi connectivity index (χ0v) is 10.5. The Hall–Kier alpha value is -1.13. The van der Waals surface area contributed by atoms with E-state index in [4.69, 9.17) is 4.74 Å². The average Bonchev–Trinajstić information content (AvgIpc) is 2.39. The number of ether oxygens (including phenoxy) is 1. The maximum Gasteiger partial charge on any atom is 0.134 e. The van der Waals surface area contributed by atoms with Crippen LogP contribution in [0.15, 0.2) is 18.3 Å². The van der Waals surface area contributed by atoms with Crippen LogP contribution >= 0.6 is 0 Å². The van der Waals surface area contributed by atoms with E-state index in [0.29, 0.717) is 6.04 Å². The summed E-state index contributed by atoms with van der Waals surface area (Å²) in [5.74, 6) is 0.884. The van der Waals surface area contributed by atoms with Crippen molar-refractivity contribution in [3.05, 3.63) is 23.9 Å². The molecule has 2 rings (SSSR count). The molecule has 1 aliphatic rings. The van der Waals surface area contributed by atoms with Crippen molar-refractivity contribution >= 4 is 5.82 Å². The van der Waals surface area contributed by atoms with Gasteiger partial charge in [-0.3, -0.25) is 0 Å². The van der Waals surface area contributed by atoms with Gasteiger partial charge in [0.1, 0.15) is 5.82 Å². The van der Waals surface area contributed by atoms with Crippen molar-refractivity contribution < 1.29 is 9.84 Å². The van der Waals surface area contributed by atoms with Crippen molar-refractivity contribution in [3.63, 3.8) is 0 Å². The van der Waals surface area contributed by atoms with Crippen molar-refractivity contribution in [3.8, 4) is 0 Å². The topological polar surface area (TPSA) is 45.6 Å². The minimum atomic E-state index is -0.485. The predicted octanol–water partition coefficient (Wildman–Crippen LogP) is 1.75. The number of hydrogen-bond acceptors (Lipinski definition) is 4. The van der Waals surface area contributed by atoms with Gasteiger partial charge in [0.25, 0.3) is 0 Å². The maximum atomic E-state index is 9.76. The van der Waals surface area contributed by atoms with Crippen molar-refractivity contribution in [1.29, 1.82) is 0 Å². The van der Waals surface area contributed by atoms with Crippen LogP contribution in [0.4, 0.5) is 5.82 Å². The van der Waals surface area contributed by atoms with Gasteiger partial charge in [-0.15, -0.1) is 0 Å². The van der Waals surface area contributed by atoms with Crippen molar-refractivity contribution in [2.75, 3.05) is 25.2 Å². The summed E-state index contributed by atoms with van der Waals surface area (Å²) in [4.78, 5) is 6.57. The zero-order chi connectivity index (χ0) is 12.3. The molecule has 0 bridgehead atoms. The van der Waals surface area contributed by atoms with Crippen LogP contribution in [0.5, 0.6) is 0 Å². The lowest BCUT2D eigenvalue weighted by Crippen LogP contribution is -2.37. The van der Waals surface area contributed by atoms with E-state index in [-0.39, 0.29) is 0 Å². The van der Waals surface area contributed by atoms with Crippen molar-refractivity contribution in [2.45, 2.75) is 31.9 Å². The van der Waals surface area contributed by atoms with Crippen LogP contribution in [0.25, 0.3) is 0 Å². The first kappa shape index (κ1) is 12.3. The Morgan fingerprint density at radius 2 is 2.18 bits per heavy atom. The Kier molecular flexibility index (Phi) is 3.97. The van der Waals surface area contributed by atoms with Crippen LogP contribution in [0, 0.1) is 0 Å². The summed E-state index contributed by atoms with van der Waals surface area (Å²) in [6, 6.07) is 4.25. The second-order valence-corrected chi connectivity index (χ2v) is 4.55. The summed E-state index contributed by atoms with van der Waals surface area (Å²) >= 11 is 0. The number of rotatable bonds is 3. The van der Waals surface area contributed by atoms with Gasteiger partial charge >= 0.3 is 0 Å². The number of nitrogens with zero attached hydrogens (tertiary/aromatic N) is 2. The standard InChI is InChI=1S/C13H20N2O2/c1-10(16)12-4-3-7-14-13(12)15(2)11-5-8-17-9-6-11/h3-4,7,10-11,16H,5-6,8-9H2,1-2H3/t10-/m0/s1. The molecule has 17 heavy (non-hydrogen) atoms. The highest BCUT2D eigenvalue weighted by Crippen LogP contribution is 2.26. The molecule has 94 valence electrons. The van der Waals surface area contributed by atoms with Crippen LogP contribution in [0.2, 0.25) is 0 Å². The molecular weight excluding hydrogens is 216 g/mol. The number of aromatic nitrogens is 1. The second-order valence-electron chi connectivity index (χ2n) is 4.55. The molecule has 4 nitrogen and oxygen atoms in total. The first-order valence-corrected chi connectivity index (χ1v) is 6.13. The zero-order valence-electron chi connectivity index (χ0n) is 10.5. The summed E-state index contributed by atoms with van der Waals surface area (Å²) in [5, 5.41) is 9.76. The summed E-state index contributed by atoms with van der Waals surface area (Å²) in [6.07, 6.45) is 3.33.